The van der Waals surface area contributed by atoms with E-state index in [4.69, 9.17) is 4.74 Å². The molecule has 7 nitrogen and oxygen atoms in total. The molecule has 128 valence electrons. The zero-order chi connectivity index (χ0) is 18.0. The minimum Gasteiger partial charge on any atom is -0.504 e. The number of nitrogens with zero attached hydrogens (tertiary/aromatic N) is 1. The summed E-state index contributed by atoms with van der Waals surface area (Å²) in [6, 6.07) is 6.58. The predicted molar refractivity (Wildman–Crippen MR) is 93.9 cm³/mol. The van der Waals surface area contributed by atoms with Gasteiger partial charge in [0.25, 0.3) is 11.8 Å². The van der Waals surface area contributed by atoms with E-state index in [1.54, 1.807) is 18.2 Å². The summed E-state index contributed by atoms with van der Waals surface area (Å²) in [6.45, 7) is 0.283. The summed E-state index contributed by atoms with van der Waals surface area (Å²) in [6.07, 6.45) is 2.94. The highest BCUT2D eigenvalue weighted by atomic mass is 79.9. The molecule has 0 atom stereocenters. The molecule has 1 aliphatic rings. The predicted octanol–water partition coefficient (Wildman–Crippen LogP) is 1.96. The summed E-state index contributed by atoms with van der Waals surface area (Å²) in [5.41, 5.74) is 1.88. The Labute approximate surface area is 151 Å². The average Bonchev–Trinajstić information content (AvgIpc) is 2.57. The smallest absolute Gasteiger partial charge is 0.260 e. The second kappa shape index (κ2) is 6.94. The van der Waals surface area contributed by atoms with Gasteiger partial charge in [0.2, 0.25) is 0 Å². The number of rotatable bonds is 4. The molecule has 1 aromatic heterocycles. The molecule has 0 unspecified atom stereocenters. The van der Waals surface area contributed by atoms with Gasteiger partial charge in [0.1, 0.15) is 0 Å². The van der Waals surface area contributed by atoms with Crippen LogP contribution in [0.2, 0.25) is 0 Å². The molecular weight excluding hydrogens is 390 g/mol. The van der Waals surface area contributed by atoms with E-state index in [-0.39, 0.29) is 18.0 Å². The number of hydrogen-bond donors (Lipinski definition) is 3. The zero-order valence-corrected chi connectivity index (χ0v) is 14.8. The van der Waals surface area contributed by atoms with Crippen LogP contribution >= 0.6 is 15.9 Å². The lowest BCUT2D eigenvalue weighted by Gasteiger charge is -2.18. The van der Waals surface area contributed by atoms with E-state index < -0.39 is 11.8 Å². The van der Waals surface area contributed by atoms with Crippen molar-refractivity contribution in [2.24, 2.45) is 0 Å². The molecule has 8 heteroatoms. The first-order chi connectivity index (χ1) is 12.0. The molecule has 2 aromatic rings. The summed E-state index contributed by atoms with van der Waals surface area (Å²) < 4.78 is 5.71. The summed E-state index contributed by atoms with van der Waals surface area (Å²) in [7, 11) is 1.44. The molecule has 1 aliphatic heterocycles. The summed E-state index contributed by atoms with van der Waals surface area (Å²) in [5.74, 6) is -0.636. The number of carbonyl (C=O) groups excluding carboxylic acids is 2. The van der Waals surface area contributed by atoms with E-state index in [0.29, 0.717) is 22.4 Å². The van der Waals surface area contributed by atoms with Crippen LogP contribution in [0.5, 0.6) is 11.5 Å². The van der Waals surface area contributed by atoms with E-state index in [2.05, 4.69) is 31.5 Å². The van der Waals surface area contributed by atoms with Crippen molar-refractivity contribution in [1.82, 2.24) is 15.6 Å². The topological polar surface area (TPSA) is 101 Å². The van der Waals surface area contributed by atoms with Gasteiger partial charge >= 0.3 is 0 Å². The molecule has 0 saturated carbocycles. The number of aromatic nitrogens is 1. The first kappa shape index (κ1) is 17.0. The number of ether oxygens (including phenoxy) is 1. The highest BCUT2D eigenvalue weighted by Crippen LogP contribution is 2.27. The number of halogens is 1. The molecule has 0 spiro atoms. The standard InChI is InChI=1S/C17H14BrN3O4/c1-25-15-8-20-10(5-14(15)22)6-19-7-13-12-4-9(18)2-3-11(12)16(23)21-17(13)24/h2-5,7-8,19H,6H2,1H3,(H,20,22)(H,21,23,24). The third-order valence-corrected chi connectivity index (χ3v) is 4.13. The maximum Gasteiger partial charge on any atom is 0.260 e. The van der Waals surface area contributed by atoms with E-state index in [0.717, 1.165) is 4.47 Å². The van der Waals surface area contributed by atoms with Crippen LogP contribution < -0.4 is 15.4 Å². The van der Waals surface area contributed by atoms with E-state index >= 15 is 0 Å². The number of pyridine rings is 1. The molecule has 0 bridgehead atoms. The number of nitrogens with one attached hydrogen (secondary N) is 2. The minimum absolute atomic E-state index is 0.0164. The van der Waals surface area contributed by atoms with E-state index in [1.165, 1.54) is 25.6 Å². The number of imide groups is 1. The SMILES string of the molecule is COc1cnc(CNC=C2C(=O)NC(=O)c3ccc(Br)cc32)cc1O. The third-order valence-electron chi connectivity index (χ3n) is 3.64. The van der Waals surface area contributed by atoms with Gasteiger partial charge in [-0.05, 0) is 18.2 Å². The Bertz CT molecular complexity index is 895. The number of methoxy groups -OCH3 is 1. The summed E-state index contributed by atoms with van der Waals surface area (Å²) >= 11 is 3.34. The fourth-order valence-corrected chi connectivity index (χ4v) is 2.79. The molecule has 0 radical (unpaired) electrons. The van der Waals surface area contributed by atoms with Crippen LogP contribution in [0.4, 0.5) is 0 Å². The van der Waals surface area contributed by atoms with Crippen LogP contribution in [-0.2, 0) is 11.3 Å². The van der Waals surface area contributed by atoms with Gasteiger partial charge in [0, 0.05) is 27.9 Å². The molecule has 0 saturated heterocycles. The first-order valence-corrected chi connectivity index (χ1v) is 8.10. The van der Waals surface area contributed by atoms with Crippen molar-refractivity contribution < 1.29 is 19.4 Å². The van der Waals surface area contributed by atoms with Gasteiger partial charge in [-0.25, -0.2) is 0 Å². The Balaban J connectivity index is 1.83. The monoisotopic (exact) mass is 403 g/mol. The van der Waals surface area contributed by atoms with Gasteiger partial charge in [-0.2, -0.15) is 0 Å². The number of benzene rings is 1. The summed E-state index contributed by atoms with van der Waals surface area (Å²) in [5, 5.41) is 15.0. The second-order valence-electron chi connectivity index (χ2n) is 5.26. The normalized spacial score (nSPS) is 14.9. The van der Waals surface area contributed by atoms with Crippen molar-refractivity contribution in [1.29, 1.82) is 0 Å². The lowest BCUT2D eigenvalue weighted by atomic mass is 9.96. The fraction of sp³-hybridized carbons (Fsp3) is 0.118. The van der Waals surface area contributed by atoms with Crippen molar-refractivity contribution in [2.45, 2.75) is 6.54 Å². The molecule has 2 amide bonds. The van der Waals surface area contributed by atoms with Gasteiger partial charge in [0.15, 0.2) is 11.5 Å². The minimum atomic E-state index is -0.478. The van der Waals surface area contributed by atoms with Crippen LogP contribution in [0.25, 0.3) is 5.57 Å². The molecule has 3 N–H and O–H groups in total. The third kappa shape index (κ3) is 3.48. The number of fused-ring (bicyclic) bond motifs is 1. The van der Waals surface area contributed by atoms with Crippen molar-refractivity contribution in [3.05, 3.63) is 58.0 Å². The highest BCUT2D eigenvalue weighted by Gasteiger charge is 2.27. The van der Waals surface area contributed by atoms with Crippen molar-refractivity contribution >= 4 is 33.3 Å². The number of hydrogen-bond acceptors (Lipinski definition) is 6. The Morgan fingerprint density at radius 1 is 1.28 bits per heavy atom. The highest BCUT2D eigenvalue weighted by molar-refractivity contribution is 9.10. The van der Waals surface area contributed by atoms with Crippen LogP contribution in [-0.4, -0.2) is 29.0 Å². The largest absolute Gasteiger partial charge is 0.504 e. The maximum atomic E-state index is 12.1. The molecule has 0 fully saturated rings. The van der Waals surface area contributed by atoms with Gasteiger partial charge in [-0.15, -0.1) is 0 Å². The zero-order valence-electron chi connectivity index (χ0n) is 13.2. The molecule has 0 aliphatic carbocycles. The van der Waals surface area contributed by atoms with Crippen LogP contribution in [0.3, 0.4) is 0 Å². The lowest BCUT2D eigenvalue weighted by molar-refractivity contribution is -0.114. The molecule has 2 heterocycles. The van der Waals surface area contributed by atoms with Crippen molar-refractivity contribution in [2.75, 3.05) is 7.11 Å². The van der Waals surface area contributed by atoms with Crippen LogP contribution in [0.1, 0.15) is 21.6 Å². The number of carbonyl (C=O) groups is 2. The van der Waals surface area contributed by atoms with Gasteiger partial charge in [0.05, 0.1) is 31.1 Å². The van der Waals surface area contributed by atoms with Crippen LogP contribution in [0, 0.1) is 0 Å². The first-order valence-electron chi connectivity index (χ1n) is 7.30. The van der Waals surface area contributed by atoms with Gasteiger partial charge in [-0.3, -0.25) is 19.9 Å². The Morgan fingerprint density at radius 2 is 2.08 bits per heavy atom. The molecule has 25 heavy (non-hydrogen) atoms. The van der Waals surface area contributed by atoms with Gasteiger partial charge < -0.3 is 15.2 Å². The number of aromatic hydroxyl groups is 1. The summed E-state index contributed by atoms with van der Waals surface area (Å²) in [4.78, 5) is 28.2. The quantitative estimate of drug-likeness (QED) is 0.532. The molecular formula is C17H14BrN3O4. The van der Waals surface area contributed by atoms with Crippen LogP contribution in [0.15, 0.2) is 41.1 Å². The molecule has 3 rings (SSSR count). The lowest BCUT2D eigenvalue weighted by Crippen LogP contribution is -2.37. The molecule has 1 aromatic carbocycles. The van der Waals surface area contributed by atoms with E-state index in [9.17, 15) is 14.7 Å². The van der Waals surface area contributed by atoms with Crippen molar-refractivity contribution in [3.63, 3.8) is 0 Å². The number of amides is 2. The fourth-order valence-electron chi connectivity index (χ4n) is 2.43. The maximum absolute atomic E-state index is 12.1. The Kier molecular flexibility index (Phi) is 4.71. The second-order valence-corrected chi connectivity index (χ2v) is 6.18. The Hall–Kier alpha value is -2.87. The average molecular weight is 404 g/mol. The van der Waals surface area contributed by atoms with E-state index in [1.807, 2.05) is 0 Å². The van der Waals surface area contributed by atoms with Crippen molar-refractivity contribution in [3.8, 4) is 11.5 Å². The van der Waals surface area contributed by atoms with Gasteiger partial charge in [-0.1, -0.05) is 15.9 Å². The Morgan fingerprint density at radius 3 is 2.80 bits per heavy atom.